The van der Waals surface area contributed by atoms with Gasteiger partial charge in [0.1, 0.15) is 18.0 Å². The van der Waals surface area contributed by atoms with Gasteiger partial charge in [-0.15, -0.1) is 0 Å². The molecule has 0 radical (unpaired) electrons. The van der Waals surface area contributed by atoms with Gasteiger partial charge < -0.3 is 15.5 Å². The first-order chi connectivity index (χ1) is 8.98. The Hall–Kier alpha value is -1.36. The van der Waals surface area contributed by atoms with Crippen molar-refractivity contribution in [3.8, 4) is 0 Å². The first-order valence-electron chi connectivity index (χ1n) is 6.90. The zero-order valence-electron chi connectivity index (χ0n) is 12.8. The average Bonchev–Trinajstić information content (AvgIpc) is 2.43. The molecule has 0 atom stereocenters. The molecule has 0 saturated heterocycles. The molecule has 1 heterocycles. The Morgan fingerprint density at radius 2 is 2.05 bits per heavy atom. The summed E-state index contributed by atoms with van der Waals surface area (Å²) < 4.78 is 0. The van der Waals surface area contributed by atoms with Crippen LogP contribution in [0.15, 0.2) is 12.4 Å². The van der Waals surface area contributed by atoms with Crippen LogP contribution < -0.4 is 15.5 Å². The number of rotatable bonds is 8. The summed E-state index contributed by atoms with van der Waals surface area (Å²) in [4.78, 5) is 10.7. The van der Waals surface area contributed by atoms with E-state index in [1.165, 1.54) is 0 Å². The Morgan fingerprint density at radius 3 is 2.68 bits per heavy atom. The second-order valence-corrected chi connectivity index (χ2v) is 5.66. The summed E-state index contributed by atoms with van der Waals surface area (Å²) in [6.45, 7) is 9.49. The second kappa shape index (κ2) is 7.28. The molecule has 0 unspecified atom stereocenters. The predicted molar refractivity (Wildman–Crippen MR) is 81.8 cm³/mol. The van der Waals surface area contributed by atoms with Gasteiger partial charge in [-0.3, -0.25) is 0 Å². The van der Waals surface area contributed by atoms with E-state index < -0.39 is 0 Å². The zero-order valence-corrected chi connectivity index (χ0v) is 12.8. The molecule has 0 saturated carbocycles. The Kier molecular flexibility index (Phi) is 6.02. The summed E-state index contributed by atoms with van der Waals surface area (Å²) >= 11 is 0. The molecule has 0 fully saturated rings. The lowest BCUT2D eigenvalue weighted by molar-refractivity contribution is 0.376. The van der Waals surface area contributed by atoms with Gasteiger partial charge >= 0.3 is 0 Å². The van der Waals surface area contributed by atoms with Crippen molar-refractivity contribution >= 4 is 11.6 Å². The van der Waals surface area contributed by atoms with E-state index in [0.29, 0.717) is 0 Å². The topological polar surface area (TPSA) is 53.1 Å². The number of hydrogen-bond acceptors (Lipinski definition) is 5. The van der Waals surface area contributed by atoms with Crippen LogP contribution in [-0.2, 0) is 0 Å². The normalized spacial score (nSPS) is 11.4. The van der Waals surface area contributed by atoms with Gasteiger partial charge in [-0.25, -0.2) is 9.97 Å². The average molecular weight is 265 g/mol. The molecule has 1 aromatic rings. The fourth-order valence-electron chi connectivity index (χ4n) is 1.50. The fourth-order valence-corrected chi connectivity index (χ4v) is 1.50. The van der Waals surface area contributed by atoms with E-state index in [9.17, 15) is 0 Å². The molecular formula is C14H27N5. The van der Waals surface area contributed by atoms with Crippen LogP contribution in [0.2, 0.25) is 0 Å². The summed E-state index contributed by atoms with van der Waals surface area (Å²) in [5.74, 6) is 1.84. The van der Waals surface area contributed by atoms with Crippen molar-refractivity contribution in [2.24, 2.45) is 5.41 Å². The highest BCUT2D eigenvalue weighted by Gasteiger charge is 2.15. The standard InChI is InChI=1S/C14H27N5/c1-6-14(2,3)10-16-12-9-13(18-11-17-12)19(5)8-7-15-4/h9,11,15H,6-8,10H2,1-5H3,(H,16,17,18). The molecule has 5 nitrogen and oxygen atoms in total. The summed E-state index contributed by atoms with van der Waals surface area (Å²) in [5.41, 5.74) is 0.281. The van der Waals surface area contributed by atoms with Crippen LogP contribution in [0.4, 0.5) is 11.6 Å². The molecule has 0 aromatic carbocycles. The van der Waals surface area contributed by atoms with E-state index in [4.69, 9.17) is 0 Å². The largest absolute Gasteiger partial charge is 0.369 e. The van der Waals surface area contributed by atoms with Gasteiger partial charge in [0, 0.05) is 32.7 Å². The van der Waals surface area contributed by atoms with E-state index >= 15 is 0 Å². The number of anilines is 2. The molecule has 0 aliphatic carbocycles. The molecule has 19 heavy (non-hydrogen) atoms. The smallest absolute Gasteiger partial charge is 0.133 e. The number of nitrogens with zero attached hydrogens (tertiary/aromatic N) is 3. The number of hydrogen-bond donors (Lipinski definition) is 2. The number of likely N-dealkylation sites (N-methyl/N-ethyl adjacent to an activating group) is 2. The van der Waals surface area contributed by atoms with E-state index in [1.807, 2.05) is 20.2 Å². The van der Waals surface area contributed by atoms with Crippen molar-refractivity contribution in [2.75, 3.05) is 43.9 Å². The minimum Gasteiger partial charge on any atom is -0.369 e. The first kappa shape index (κ1) is 15.7. The second-order valence-electron chi connectivity index (χ2n) is 5.66. The maximum absolute atomic E-state index is 4.30. The van der Waals surface area contributed by atoms with Crippen LogP contribution in [-0.4, -0.2) is 43.7 Å². The number of nitrogens with one attached hydrogen (secondary N) is 2. The fraction of sp³-hybridized carbons (Fsp3) is 0.714. The van der Waals surface area contributed by atoms with E-state index in [1.54, 1.807) is 6.33 Å². The van der Waals surface area contributed by atoms with Crippen LogP contribution in [0.1, 0.15) is 27.2 Å². The summed E-state index contributed by atoms with van der Waals surface area (Å²) in [6.07, 6.45) is 2.76. The molecule has 5 heteroatoms. The molecule has 0 aliphatic rings. The minimum atomic E-state index is 0.281. The van der Waals surface area contributed by atoms with Crippen molar-refractivity contribution < 1.29 is 0 Å². The monoisotopic (exact) mass is 265 g/mol. The van der Waals surface area contributed by atoms with Crippen LogP contribution >= 0.6 is 0 Å². The van der Waals surface area contributed by atoms with Crippen LogP contribution in [0.3, 0.4) is 0 Å². The molecule has 0 bridgehead atoms. The van der Waals surface area contributed by atoms with Gasteiger partial charge in [0.25, 0.3) is 0 Å². The quantitative estimate of drug-likeness (QED) is 0.753. The summed E-state index contributed by atoms with van der Waals surface area (Å²) in [5, 5.41) is 6.53. The third kappa shape index (κ3) is 5.42. The highest BCUT2D eigenvalue weighted by atomic mass is 15.2. The summed E-state index contributed by atoms with van der Waals surface area (Å²) in [7, 11) is 3.99. The van der Waals surface area contributed by atoms with Crippen LogP contribution in [0.5, 0.6) is 0 Å². The molecular weight excluding hydrogens is 238 g/mol. The third-order valence-corrected chi connectivity index (χ3v) is 3.45. The third-order valence-electron chi connectivity index (χ3n) is 3.45. The summed E-state index contributed by atoms with van der Waals surface area (Å²) in [6, 6.07) is 2.00. The molecule has 1 rings (SSSR count). The van der Waals surface area contributed by atoms with Gasteiger partial charge in [-0.1, -0.05) is 20.8 Å². The Labute approximate surface area is 116 Å². The van der Waals surface area contributed by atoms with Crippen molar-refractivity contribution in [3.05, 3.63) is 12.4 Å². The van der Waals surface area contributed by atoms with E-state index in [2.05, 4.69) is 46.3 Å². The van der Waals surface area contributed by atoms with E-state index in [0.717, 1.165) is 37.7 Å². The number of aromatic nitrogens is 2. The Morgan fingerprint density at radius 1 is 1.32 bits per heavy atom. The molecule has 0 amide bonds. The molecule has 0 spiro atoms. The Balaban J connectivity index is 2.61. The molecule has 2 N–H and O–H groups in total. The van der Waals surface area contributed by atoms with Crippen molar-refractivity contribution in [1.82, 2.24) is 15.3 Å². The van der Waals surface area contributed by atoms with Gasteiger partial charge in [0.05, 0.1) is 0 Å². The molecule has 1 aromatic heterocycles. The minimum absolute atomic E-state index is 0.281. The maximum atomic E-state index is 4.30. The Bertz CT molecular complexity index is 378. The van der Waals surface area contributed by atoms with Crippen molar-refractivity contribution in [1.29, 1.82) is 0 Å². The highest BCUT2D eigenvalue weighted by Crippen LogP contribution is 2.20. The van der Waals surface area contributed by atoms with Crippen LogP contribution in [0, 0.1) is 5.41 Å². The van der Waals surface area contributed by atoms with E-state index in [-0.39, 0.29) is 5.41 Å². The predicted octanol–water partition coefficient (Wildman–Crippen LogP) is 1.98. The lowest BCUT2D eigenvalue weighted by atomic mass is 9.90. The van der Waals surface area contributed by atoms with Crippen LogP contribution in [0.25, 0.3) is 0 Å². The molecule has 108 valence electrons. The lowest BCUT2D eigenvalue weighted by Gasteiger charge is -2.23. The SMILES string of the molecule is CCC(C)(C)CNc1cc(N(C)CCNC)ncn1. The van der Waals surface area contributed by atoms with Crippen molar-refractivity contribution in [3.63, 3.8) is 0 Å². The molecule has 0 aliphatic heterocycles. The van der Waals surface area contributed by atoms with Crippen molar-refractivity contribution in [2.45, 2.75) is 27.2 Å². The lowest BCUT2D eigenvalue weighted by Crippen LogP contribution is -2.28. The van der Waals surface area contributed by atoms with Gasteiger partial charge in [0.2, 0.25) is 0 Å². The zero-order chi connectivity index (χ0) is 14.3. The first-order valence-corrected chi connectivity index (χ1v) is 6.90. The van der Waals surface area contributed by atoms with Gasteiger partial charge in [0.15, 0.2) is 0 Å². The van der Waals surface area contributed by atoms with Gasteiger partial charge in [-0.2, -0.15) is 0 Å². The maximum Gasteiger partial charge on any atom is 0.133 e. The van der Waals surface area contributed by atoms with Gasteiger partial charge in [-0.05, 0) is 18.9 Å². The highest BCUT2D eigenvalue weighted by molar-refractivity contribution is 5.47.